The maximum Gasteiger partial charge on any atom is 0.422 e. The molecule has 1 heterocycles. The molecule has 1 aromatic carbocycles. The standard InChI is InChI=1S/C14H11BrClF3N2O3S/c15-10-3-4-12(11(16)6-10)25(22,23)21-7-9-2-1-5-20-13(9)24-8-14(17,18)19/h1-6,21H,7-8H2. The van der Waals surface area contributed by atoms with Gasteiger partial charge in [0, 0.05) is 22.8 Å². The van der Waals surface area contributed by atoms with Gasteiger partial charge in [-0.1, -0.05) is 33.6 Å². The Morgan fingerprint density at radius 3 is 2.64 bits per heavy atom. The van der Waals surface area contributed by atoms with Crippen LogP contribution in [-0.2, 0) is 16.6 Å². The number of hydrogen-bond acceptors (Lipinski definition) is 4. The van der Waals surface area contributed by atoms with Gasteiger partial charge in [0.15, 0.2) is 6.61 Å². The number of nitrogens with zero attached hydrogens (tertiary/aromatic N) is 1. The number of sulfonamides is 1. The average Bonchev–Trinajstić information content (AvgIpc) is 2.50. The van der Waals surface area contributed by atoms with Crippen molar-refractivity contribution < 1.29 is 26.3 Å². The molecule has 1 aromatic heterocycles. The van der Waals surface area contributed by atoms with E-state index in [1.165, 1.54) is 36.5 Å². The summed E-state index contributed by atoms with van der Waals surface area (Å²) >= 11 is 9.08. The van der Waals surface area contributed by atoms with Gasteiger partial charge in [-0.15, -0.1) is 0 Å². The van der Waals surface area contributed by atoms with Crippen LogP contribution in [0, 0.1) is 0 Å². The normalized spacial score (nSPS) is 12.2. The predicted octanol–water partition coefficient (Wildman–Crippen LogP) is 3.92. The third-order valence-corrected chi connectivity index (χ3v) is 5.24. The first kappa shape index (κ1) is 20.0. The van der Waals surface area contributed by atoms with Crippen molar-refractivity contribution in [3.8, 4) is 5.88 Å². The van der Waals surface area contributed by atoms with Crippen LogP contribution in [0.15, 0.2) is 45.9 Å². The molecule has 0 saturated heterocycles. The molecule has 1 N–H and O–H groups in total. The Kier molecular flexibility index (Phi) is 6.30. The Morgan fingerprint density at radius 1 is 1.28 bits per heavy atom. The number of benzene rings is 1. The largest absolute Gasteiger partial charge is 0.468 e. The fourth-order valence-electron chi connectivity index (χ4n) is 1.78. The van der Waals surface area contributed by atoms with Crippen molar-refractivity contribution in [3.05, 3.63) is 51.6 Å². The molecule has 0 bridgehead atoms. The van der Waals surface area contributed by atoms with E-state index in [1.54, 1.807) is 0 Å². The summed E-state index contributed by atoms with van der Waals surface area (Å²) < 4.78 is 68.9. The summed E-state index contributed by atoms with van der Waals surface area (Å²) in [6, 6.07) is 7.08. The lowest BCUT2D eigenvalue weighted by Gasteiger charge is -2.13. The van der Waals surface area contributed by atoms with E-state index in [1.807, 2.05) is 0 Å². The van der Waals surface area contributed by atoms with E-state index in [4.69, 9.17) is 11.6 Å². The van der Waals surface area contributed by atoms with Crippen molar-refractivity contribution in [2.75, 3.05) is 6.61 Å². The van der Waals surface area contributed by atoms with Crippen LogP contribution >= 0.6 is 27.5 Å². The van der Waals surface area contributed by atoms with Gasteiger partial charge in [0.25, 0.3) is 0 Å². The molecule has 0 aliphatic rings. The molecule has 25 heavy (non-hydrogen) atoms. The second-order valence-corrected chi connectivity index (χ2v) is 7.83. The monoisotopic (exact) mass is 458 g/mol. The summed E-state index contributed by atoms with van der Waals surface area (Å²) in [4.78, 5) is 3.54. The smallest absolute Gasteiger partial charge is 0.422 e. The maximum atomic E-state index is 12.3. The minimum Gasteiger partial charge on any atom is -0.468 e. The van der Waals surface area contributed by atoms with Crippen molar-refractivity contribution in [2.24, 2.45) is 0 Å². The first-order valence-corrected chi connectivity index (χ1v) is 9.32. The summed E-state index contributed by atoms with van der Waals surface area (Å²) in [6.07, 6.45) is -3.28. The average molecular weight is 460 g/mol. The molecule has 2 rings (SSSR count). The molecule has 0 amide bonds. The molecular weight excluding hydrogens is 449 g/mol. The van der Waals surface area contributed by atoms with Gasteiger partial charge in [-0.3, -0.25) is 0 Å². The molecule has 0 fully saturated rings. The summed E-state index contributed by atoms with van der Waals surface area (Å²) in [7, 11) is -3.97. The highest BCUT2D eigenvalue weighted by molar-refractivity contribution is 9.10. The zero-order valence-electron chi connectivity index (χ0n) is 12.3. The van der Waals surface area contributed by atoms with Gasteiger partial charge < -0.3 is 4.74 Å². The number of pyridine rings is 1. The Hall–Kier alpha value is -1.36. The summed E-state index contributed by atoms with van der Waals surface area (Å²) in [5, 5.41) is 0.00149. The zero-order valence-corrected chi connectivity index (χ0v) is 15.5. The van der Waals surface area contributed by atoms with Crippen LogP contribution in [0.25, 0.3) is 0 Å². The van der Waals surface area contributed by atoms with Crippen molar-refractivity contribution in [3.63, 3.8) is 0 Å². The number of alkyl halides is 3. The van der Waals surface area contributed by atoms with Crippen molar-refractivity contribution in [1.29, 1.82) is 0 Å². The molecule has 5 nitrogen and oxygen atoms in total. The first-order chi connectivity index (χ1) is 11.6. The highest BCUT2D eigenvalue weighted by atomic mass is 79.9. The fourth-order valence-corrected chi connectivity index (χ4v) is 3.82. The fraction of sp³-hybridized carbons (Fsp3) is 0.214. The second-order valence-electron chi connectivity index (χ2n) is 4.77. The molecule has 0 aliphatic carbocycles. The third kappa shape index (κ3) is 5.84. The van der Waals surface area contributed by atoms with Crippen LogP contribution in [0.3, 0.4) is 0 Å². The van der Waals surface area contributed by atoms with Gasteiger partial charge in [-0.2, -0.15) is 13.2 Å². The molecule has 2 aromatic rings. The highest BCUT2D eigenvalue weighted by Crippen LogP contribution is 2.26. The lowest BCUT2D eigenvalue weighted by atomic mass is 10.3. The lowest BCUT2D eigenvalue weighted by Crippen LogP contribution is -2.25. The van der Waals surface area contributed by atoms with Gasteiger partial charge >= 0.3 is 6.18 Å². The Labute approximate surface area is 155 Å². The van der Waals surface area contributed by atoms with E-state index >= 15 is 0 Å². The van der Waals surface area contributed by atoms with Crippen molar-refractivity contribution >= 4 is 37.6 Å². The van der Waals surface area contributed by atoms with Crippen LogP contribution in [-0.4, -0.2) is 26.2 Å². The molecular formula is C14H11BrClF3N2O3S. The van der Waals surface area contributed by atoms with E-state index in [0.29, 0.717) is 4.47 Å². The molecule has 0 spiro atoms. The Balaban J connectivity index is 2.15. The molecule has 0 atom stereocenters. The van der Waals surface area contributed by atoms with E-state index < -0.39 is 22.8 Å². The topological polar surface area (TPSA) is 68.3 Å². The number of rotatable bonds is 6. The summed E-state index contributed by atoms with van der Waals surface area (Å²) in [5.41, 5.74) is 0.156. The molecule has 0 radical (unpaired) electrons. The van der Waals surface area contributed by atoms with Crippen LogP contribution in [0.5, 0.6) is 5.88 Å². The minimum atomic E-state index is -4.53. The molecule has 0 aliphatic heterocycles. The predicted molar refractivity (Wildman–Crippen MR) is 89.0 cm³/mol. The summed E-state index contributed by atoms with van der Waals surface area (Å²) in [5.74, 6) is -0.301. The quantitative estimate of drug-likeness (QED) is 0.711. The van der Waals surface area contributed by atoms with E-state index in [2.05, 4.69) is 30.4 Å². The number of hydrogen-bond donors (Lipinski definition) is 1. The summed E-state index contributed by atoms with van der Waals surface area (Å²) in [6.45, 7) is -1.84. The molecule has 0 saturated carbocycles. The van der Waals surface area contributed by atoms with Crippen LogP contribution in [0.2, 0.25) is 5.02 Å². The number of halogens is 5. The van der Waals surface area contributed by atoms with Gasteiger partial charge in [-0.25, -0.2) is 18.1 Å². The van der Waals surface area contributed by atoms with Gasteiger partial charge in [0.2, 0.25) is 15.9 Å². The number of ether oxygens (including phenoxy) is 1. The van der Waals surface area contributed by atoms with Gasteiger partial charge in [-0.05, 0) is 24.3 Å². The van der Waals surface area contributed by atoms with E-state index in [0.717, 1.165) is 0 Å². The van der Waals surface area contributed by atoms with E-state index in [9.17, 15) is 21.6 Å². The SMILES string of the molecule is O=S(=O)(NCc1cccnc1OCC(F)(F)F)c1ccc(Br)cc1Cl. The number of aromatic nitrogens is 1. The second kappa shape index (κ2) is 7.90. The molecule has 11 heteroatoms. The molecule has 136 valence electrons. The van der Waals surface area contributed by atoms with Gasteiger partial charge in [0.05, 0.1) is 5.02 Å². The highest BCUT2D eigenvalue weighted by Gasteiger charge is 2.29. The van der Waals surface area contributed by atoms with E-state index in [-0.39, 0.29) is 27.9 Å². The maximum absolute atomic E-state index is 12.3. The Morgan fingerprint density at radius 2 is 2.00 bits per heavy atom. The van der Waals surface area contributed by atoms with Gasteiger partial charge in [0.1, 0.15) is 4.90 Å². The Bertz CT molecular complexity index is 863. The first-order valence-electron chi connectivity index (χ1n) is 6.67. The molecule has 0 unspecified atom stereocenters. The van der Waals surface area contributed by atoms with Crippen LogP contribution in [0.1, 0.15) is 5.56 Å². The van der Waals surface area contributed by atoms with Crippen LogP contribution in [0.4, 0.5) is 13.2 Å². The van der Waals surface area contributed by atoms with Crippen molar-refractivity contribution in [2.45, 2.75) is 17.6 Å². The third-order valence-electron chi connectivity index (χ3n) is 2.86. The minimum absolute atomic E-state index is 0.00149. The zero-order chi connectivity index (χ0) is 18.7. The number of nitrogens with one attached hydrogen (secondary N) is 1. The van der Waals surface area contributed by atoms with Crippen molar-refractivity contribution in [1.82, 2.24) is 9.71 Å². The lowest BCUT2D eigenvalue weighted by molar-refractivity contribution is -0.154. The van der Waals surface area contributed by atoms with Crippen LogP contribution < -0.4 is 9.46 Å².